The third-order valence-corrected chi connectivity index (χ3v) is 6.82. The molecule has 31 heavy (non-hydrogen) atoms. The van der Waals surface area contributed by atoms with Gasteiger partial charge in [-0.05, 0) is 69.0 Å². The van der Waals surface area contributed by atoms with Crippen molar-refractivity contribution in [1.82, 2.24) is 9.80 Å². The standard InChI is InChI=1S/C24H29Cl2N3O2/c1-28(24(30)27-22-9-3-2-7-21(22)26)15-17-13-18(14-17)31-23-10-6-8-20(25)19(23)16-29-11-4-5-12-29/h2-3,6-10,17-18H,4-5,11-16H2,1H3,(H,27,30). The number of anilines is 1. The monoisotopic (exact) mass is 461 g/mol. The van der Waals surface area contributed by atoms with E-state index in [2.05, 4.69) is 10.2 Å². The molecule has 2 aliphatic rings. The maximum Gasteiger partial charge on any atom is 0.321 e. The predicted molar refractivity (Wildman–Crippen MR) is 126 cm³/mol. The summed E-state index contributed by atoms with van der Waals surface area (Å²) in [5.41, 5.74) is 1.72. The maximum absolute atomic E-state index is 12.5. The van der Waals surface area contributed by atoms with Crippen LogP contribution in [0.25, 0.3) is 0 Å². The Labute approximate surface area is 194 Å². The molecule has 0 aromatic heterocycles. The number of nitrogens with one attached hydrogen (secondary N) is 1. The third-order valence-electron chi connectivity index (χ3n) is 6.14. The van der Waals surface area contributed by atoms with E-state index in [0.29, 0.717) is 23.2 Å². The molecule has 1 saturated heterocycles. The molecule has 1 saturated carbocycles. The lowest BCUT2D eigenvalue weighted by Gasteiger charge is -2.38. The highest BCUT2D eigenvalue weighted by molar-refractivity contribution is 6.33. The van der Waals surface area contributed by atoms with E-state index >= 15 is 0 Å². The molecular weight excluding hydrogens is 433 g/mol. The summed E-state index contributed by atoms with van der Waals surface area (Å²) < 4.78 is 6.31. The van der Waals surface area contributed by atoms with Crippen LogP contribution in [0.1, 0.15) is 31.2 Å². The first-order valence-corrected chi connectivity index (χ1v) is 11.7. The van der Waals surface area contributed by atoms with Crippen molar-refractivity contribution >= 4 is 34.9 Å². The second-order valence-corrected chi connectivity index (χ2v) is 9.38. The molecule has 166 valence electrons. The molecule has 2 aromatic rings. The fourth-order valence-corrected chi connectivity index (χ4v) is 4.72. The van der Waals surface area contributed by atoms with E-state index in [1.165, 1.54) is 12.8 Å². The molecule has 1 heterocycles. The topological polar surface area (TPSA) is 44.8 Å². The van der Waals surface area contributed by atoms with Crippen LogP contribution in [0.5, 0.6) is 5.75 Å². The van der Waals surface area contributed by atoms with Crippen LogP contribution in [-0.4, -0.2) is 48.6 Å². The Kier molecular flexibility index (Phi) is 7.26. The van der Waals surface area contributed by atoms with Crippen molar-refractivity contribution in [2.24, 2.45) is 5.92 Å². The van der Waals surface area contributed by atoms with Crippen molar-refractivity contribution in [3.63, 3.8) is 0 Å². The number of rotatable bonds is 7. The van der Waals surface area contributed by atoms with Crippen LogP contribution < -0.4 is 10.1 Å². The molecule has 2 aromatic carbocycles. The van der Waals surface area contributed by atoms with Crippen LogP contribution in [0, 0.1) is 5.92 Å². The summed E-state index contributed by atoms with van der Waals surface area (Å²) in [6, 6.07) is 13.0. The summed E-state index contributed by atoms with van der Waals surface area (Å²) in [5, 5.41) is 4.18. The fourth-order valence-electron chi connectivity index (χ4n) is 4.31. The van der Waals surface area contributed by atoms with Crippen molar-refractivity contribution in [2.75, 3.05) is 32.0 Å². The Morgan fingerprint density at radius 2 is 1.81 bits per heavy atom. The van der Waals surface area contributed by atoms with Crippen LogP contribution in [0.2, 0.25) is 10.0 Å². The summed E-state index contributed by atoms with van der Waals surface area (Å²) in [6.45, 7) is 3.78. The van der Waals surface area contributed by atoms with E-state index in [4.69, 9.17) is 27.9 Å². The van der Waals surface area contributed by atoms with Gasteiger partial charge in [-0.1, -0.05) is 41.4 Å². The highest BCUT2D eigenvalue weighted by Gasteiger charge is 2.33. The van der Waals surface area contributed by atoms with Gasteiger partial charge in [-0.3, -0.25) is 4.90 Å². The number of carbonyl (C=O) groups is 1. The van der Waals surface area contributed by atoms with Crippen molar-refractivity contribution in [2.45, 2.75) is 38.3 Å². The molecule has 5 nitrogen and oxygen atoms in total. The van der Waals surface area contributed by atoms with Crippen LogP contribution in [0.4, 0.5) is 10.5 Å². The van der Waals surface area contributed by atoms with E-state index in [9.17, 15) is 4.79 Å². The van der Waals surface area contributed by atoms with Crippen LogP contribution in [-0.2, 0) is 6.54 Å². The molecule has 0 spiro atoms. The first kappa shape index (κ1) is 22.3. The summed E-state index contributed by atoms with van der Waals surface area (Å²) >= 11 is 12.6. The van der Waals surface area contributed by atoms with Crippen LogP contribution in [0.3, 0.4) is 0 Å². The van der Waals surface area contributed by atoms with E-state index in [1.54, 1.807) is 17.0 Å². The number of benzene rings is 2. The van der Waals surface area contributed by atoms with Gasteiger partial charge in [-0.2, -0.15) is 0 Å². The molecule has 0 atom stereocenters. The minimum absolute atomic E-state index is 0.153. The van der Waals surface area contributed by atoms with E-state index < -0.39 is 0 Å². The molecule has 0 bridgehead atoms. The average molecular weight is 462 g/mol. The number of amides is 2. The SMILES string of the molecule is CN(CC1CC(Oc2cccc(Cl)c2CN2CCCC2)C1)C(=O)Nc1ccccc1Cl. The minimum Gasteiger partial charge on any atom is -0.490 e. The van der Waals surface area contributed by atoms with Crippen LogP contribution in [0.15, 0.2) is 42.5 Å². The summed E-state index contributed by atoms with van der Waals surface area (Å²) in [4.78, 5) is 16.6. The zero-order valence-electron chi connectivity index (χ0n) is 17.8. The van der Waals surface area contributed by atoms with Gasteiger partial charge in [-0.25, -0.2) is 4.79 Å². The number of hydrogen-bond donors (Lipinski definition) is 1. The molecule has 1 aliphatic carbocycles. The Hall–Kier alpha value is -1.95. The van der Waals surface area contributed by atoms with Gasteiger partial charge in [0.05, 0.1) is 16.8 Å². The number of likely N-dealkylation sites (tertiary alicyclic amines) is 1. The van der Waals surface area contributed by atoms with E-state index in [-0.39, 0.29) is 12.1 Å². The van der Waals surface area contributed by atoms with Gasteiger partial charge in [0.1, 0.15) is 5.75 Å². The van der Waals surface area contributed by atoms with Crippen molar-refractivity contribution in [3.05, 3.63) is 58.1 Å². The normalized spacial score (nSPS) is 20.9. The largest absolute Gasteiger partial charge is 0.490 e. The number of ether oxygens (including phenoxy) is 1. The van der Waals surface area contributed by atoms with Gasteiger partial charge < -0.3 is 15.0 Å². The first-order valence-electron chi connectivity index (χ1n) is 10.9. The molecule has 2 fully saturated rings. The highest BCUT2D eigenvalue weighted by atomic mass is 35.5. The Bertz CT molecular complexity index is 911. The second-order valence-electron chi connectivity index (χ2n) is 8.57. The molecular formula is C24H29Cl2N3O2. The molecule has 2 amide bonds. The summed E-state index contributed by atoms with van der Waals surface area (Å²) in [5.74, 6) is 1.32. The molecule has 7 heteroatoms. The minimum atomic E-state index is -0.153. The predicted octanol–water partition coefficient (Wildman–Crippen LogP) is 5.91. The average Bonchev–Trinajstić information content (AvgIpc) is 3.23. The van der Waals surface area contributed by atoms with Crippen molar-refractivity contribution in [1.29, 1.82) is 0 Å². The Morgan fingerprint density at radius 3 is 2.55 bits per heavy atom. The molecule has 4 rings (SSSR count). The summed E-state index contributed by atoms with van der Waals surface area (Å²) in [7, 11) is 1.81. The Morgan fingerprint density at radius 1 is 1.10 bits per heavy atom. The van der Waals surface area contributed by atoms with Gasteiger partial charge in [0, 0.05) is 30.7 Å². The number of nitrogens with zero attached hydrogens (tertiary/aromatic N) is 2. The number of halogens is 2. The lowest BCUT2D eigenvalue weighted by molar-refractivity contribution is 0.0519. The van der Waals surface area contributed by atoms with E-state index in [0.717, 1.165) is 48.8 Å². The number of urea groups is 1. The van der Waals surface area contributed by atoms with Crippen molar-refractivity contribution in [3.8, 4) is 5.75 Å². The van der Waals surface area contributed by atoms with Gasteiger partial charge in [0.15, 0.2) is 0 Å². The molecule has 1 N–H and O–H groups in total. The second kappa shape index (κ2) is 10.1. The van der Waals surface area contributed by atoms with E-state index in [1.807, 2.05) is 37.4 Å². The van der Waals surface area contributed by atoms with Gasteiger partial charge in [0.25, 0.3) is 0 Å². The number of hydrogen-bond acceptors (Lipinski definition) is 3. The van der Waals surface area contributed by atoms with Gasteiger partial charge in [0.2, 0.25) is 0 Å². The maximum atomic E-state index is 12.5. The molecule has 0 radical (unpaired) electrons. The number of carbonyl (C=O) groups excluding carboxylic acids is 1. The quantitative estimate of drug-likeness (QED) is 0.557. The third kappa shape index (κ3) is 5.65. The first-order chi connectivity index (χ1) is 15.0. The fraction of sp³-hybridized carbons (Fsp3) is 0.458. The van der Waals surface area contributed by atoms with Gasteiger partial charge in [-0.15, -0.1) is 0 Å². The molecule has 0 unspecified atom stereocenters. The zero-order valence-corrected chi connectivity index (χ0v) is 19.3. The zero-order chi connectivity index (χ0) is 21.8. The summed E-state index contributed by atoms with van der Waals surface area (Å²) in [6.07, 6.45) is 4.53. The number of para-hydroxylation sites is 1. The Balaban J connectivity index is 1.26. The van der Waals surface area contributed by atoms with Gasteiger partial charge >= 0.3 is 6.03 Å². The van der Waals surface area contributed by atoms with Crippen LogP contribution >= 0.6 is 23.2 Å². The highest BCUT2D eigenvalue weighted by Crippen LogP contribution is 2.36. The lowest BCUT2D eigenvalue weighted by atomic mass is 9.82. The molecule has 1 aliphatic heterocycles. The lowest BCUT2D eigenvalue weighted by Crippen LogP contribution is -2.43. The smallest absolute Gasteiger partial charge is 0.321 e. The van der Waals surface area contributed by atoms with Crippen molar-refractivity contribution < 1.29 is 9.53 Å².